The summed E-state index contributed by atoms with van der Waals surface area (Å²) < 4.78 is 1.82. The molecule has 0 saturated heterocycles. The van der Waals surface area contributed by atoms with Crippen molar-refractivity contribution in [1.29, 1.82) is 0 Å². The van der Waals surface area contributed by atoms with Crippen molar-refractivity contribution in [3.05, 3.63) is 47.7 Å². The lowest BCUT2D eigenvalue weighted by atomic mass is 10.2. The molecule has 1 N–H and O–H groups in total. The van der Waals surface area contributed by atoms with Crippen LogP contribution in [-0.2, 0) is 0 Å². The van der Waals surface area contributed by atoms with Gasteiger partial charge in [0, 0.05) is 17.7 Å². The van der Waals surface area contributed by atoms with Gasteiger partial charge in [0.25, 0.3) is 5.91 Å². The van der Waals surface area contributed by atoms with E-state index in [1.54, 1.807) is 12.1 Å². The third-order valence-electron chi connectivity index (χ3n) is 2.62. The lowest BCUT2D eigenvalue weighted by molar-refractivity contribution is 0.102. The highest BCUT2D eigenvalue weighted by Crippen LogP contribution is 2.16. The number of hydrogen-bond acceptors (Lipinski definition) is 2. The van der Waals surface area contributed by atoms with Gasteiger partial charge in [0.1, 0.15) is 5.82 Å². The van der Waals surface area contributed by atoms with Gasteiger partial charge in [-0.05, 0) is 32.9 Å². The van der Waals surface area contributed by atoms with E-state index in [9.17, 15) is 4.79 Å². The van der Waals surface area contributed by atoms with Crippen molar-refractivity contribution in [3.63, 3.8) is 0 Å². The van der Waals surface area contributed by atoms with E-state index < -0.39 is 0 Å². The molecule has 0 bridgehead atoms. The summed E-state index contributed by atoms with van der Waals surface area (Å²) in [6, 6.07) is 11.3. The normalized spacial score (nSPS) is 10.7. The van der Waals surface area contributed by atoms with Gasteiger partial charge < -0.3 is 5.32 Å². The highest BCUT2D eigenvalue weighted by atomic mass is 16.1. The molecule has 0 aliphatic heterocycles. The average molecular weight is 243 g/mol. The maximum atomic E-state index is 12.0. The van der Waals surface area contributed by atoms with E-state index in [4.69, 9.17) is 0 Å². The number of hydrogen-bond donors (Lipinski definition) is 1. The molecule has 0 spiro atoms. The van der Waals surface area contributed by atoms with Crippen LogP contribution < -0.4 is 5.32 Å². The zero-order valence-electron chi connectivity index (χ0n) is 10.8. The Morgan fingerprint density at radius 3 is 2.56 bits per heavy atom. The van der Waals surface area contributed by atoms with Crippen molar-refractivity contribution < 1.29 is 4.79 Å². The number of carbonyl (C=O) groups is 1. The van der Waals surface area contributed by atoms with E-state index >= 15 is 0 Å². The smallest absolute Gasteiger partial charge is 0.256 e. The summed E-state index contributed by atoms with van der Waals surface area (Å²) in [6.45, 7) is 5.98. The Labute approximate surface area is 107 Å². The zero-order chi connectivity index (χ0) is 13.1. The molecule has 1 aromatic carbocycles. The van der Waals surface area contributed by atoms with Crippen molar-refractivity contribution in [3.8, 4) is 0 Å². The van der Waals surface area contributed by atoms with Crippen LogP contribution in [0.1, 0.15) is 35.9 Å². The number of nitrogens with one attached hydrogen (secondary N) is 1. The maximum absolute atomic E-state index is 12.0. The lowest BCUT2D eigenvalue weighted by Crippen LogP contribution is -2.16. The Balaban J connectivity index is 2.22. The Hall–Kier alpha value is -2.10. The largest absolute Gasteiger partial charge is 0.307 e. The molecular weight excluding hydrogens is 226 g/mol. The Morgan fingerprint density at radius 1 is 1.28 bits per heavy atom. The highest BCUT2D eigenvalue weighted by Gasteiger charge is 2.12. The molecule has 4 nitrogen and oxygen atoms in total. The molecule has 1 aromatic heterocycles. The zero-order valence-corrected chi connectivity index (χ0v) is 10.8. The van der Waals surface area contributed by atoms with Gasteiger partial charge in [0.2, 0.25) is 0 Å². The van der Waals surface area contributed by atoms with E-state index in [1.165, 1.54) is 0 Å². The Morgan fingerprint density at radius 2 is 1.94 bits per heavy atom. The molecule has 0 unspecified atom stereocenters. The summed E-state index contributed by atoms with van der Waals surface area (Å²) in [5.41, 5.74) is 1.54. The Kier molecular flexibility index (Phi) is 3.46. The molecule has 18 heavy (non-hydrogen) atoms. The van der Waals surface area contributed by atoms with Gasteiger partial charge in [-0.2, -0.15) is 5.10 Å². The SMILES string of the molecule is Cc1cc(NC(=O)c2ccccc2)n(C(C)C)n1. The molecule has 0 fully saturated rings. The monoisotopic (exact) mass is 243 g/mol. The van der Waals surface area contributed by atoms with E-state index in [1.807, 2.05) is 49.7 Å². The van der Waals surface area contributed by atoms with Crippen molar-refractivity contribution in [2.24, 2.45) is 0 Å². The summed E-state index contributed by atoms with van der Waals surface area (Å²) in [4.78, 5) is 12.0. The minimum Gasteiger partial charge on any atom is -0.307 e. The van der Waals surface area contributed by atoms with Gasteiger partial charge in [-0.25, -0.2) is 4.68 Å². The van der Waals surface area contributed by atoms with Crippen molar-refractivity contribution in [1.82, 2.24) is 9.78 Å². The first-order valence-corrected chi connectivity index (χ1v) is 6.00. The van der Waals surface area contributed by atoms with Crippen LogP contribution in [0.4, 0.5) is 5.82 Å². The fourth-order valence-electron chi connectivity index (χ4n) is 1.78. The molecule has 2 rings (SSSR count). The average Bonchev–Trinajstić information content (AvgIpc) is 2.71. The standard InChI is InChI=1S/C14H17N3O/c1-10(2)17-13(9-11(3)16-17)15-14(18)12-7-5-4-6-8-12/h4-10H,1-3H3,(H,15,18). The van der Waals surface area contributed by atoms with Crippen LogP contribution in [0.3, 0.4) is 0 Å². The quantitative estimate of drug-likeness (QED) is 0.900. The van der Waals surface area contributed by atoms with E-state index in [0.717, 1.165) is 11.5 Å². The maximum Gasteiger partial charge on any atom is 0.256 e. The van der Waals surface area contributed by atoms with Crippen LogP contribution in [0.5, 0.6) is 0 Å². The number of aromatic nitrogens is 2. The predicted octanol–water partition coefficient (Wildman–Crippen LogP) is 3.02. The molecule has 4 heteroatoms. The van der Waals surface area contributed by atoms with Gasteiger partial charge in [-0.1, -0.05) is 18.2 Å². The predicted molar refractivity (Wildman–Crippen MR) is 71.7 cm³/mol. The van der Waals surface area contributed by atoms with Gasteiger partial charge in [0.15, 0.2) is 0 Å². The number of aryl methyl sites for hydroxylation is 1. The minimum atomic E-state index is -0.114. The molecule has 0 saturated carbocycles. The Bertz CT molecular complexity index is 543. The second-order valence-electron chi connectivity index (χ2n) is 4.53. The second kappa shape index (κ2) is 5.04. The topological polar surface area (TPSA) is 46.9 Å². The molecule has 0 aliphatic rings. The summed E-state index contributed by atoms with van der Waals surface area (Å²) >= 11 is 0. The fourth-order valence-corrected chi connectivity index (χ4v) is 1.78. The summed E-state index contributed by atoms with van der Waals surface area (Å²) in [6.07, 6.45) is 0. The van der Waals surface area contributed by atoms with Gasteiger partial charge in [-0.3, -0.25) is 4.79 Å². The van der Waals surface area contributed by atoms with Crippen LogP contribution in [-0.4, -0.2) is 15.7 Å². The van der Waals surface area contributed by atoms with E-state index in [-0.39, 0.29) is 11.9 Å². The molecule has 0 aliphatic carbocycles. The van der Waals surface area contributed by atoms with Gasteiger partial charge in [0.05, 0.1) is 5.69 Å². The summed E-state index contributed by atoms with van der Waals surface area (Å²) in [5, 5.41) is 7.25. The highest BCUT2D eigenvalue weighted by molar-refractivity contribution is 6.03. The van der Waals surface area contributed by atoms with Crippen LogP contribution in [0, 0.1) is 6.92 Å². The molecule has 94 valence electrons. The summed E-state index contributed by atoms with van der Waals surface area (Å²) in [5.74, 6) is 0.619. The molecule has 0 atom stereocenters. The first-order chi connectivity index (χ1) is 8.58. The number of carbonyl (C=O) groups excluding carboxylic acids is 1. The number of benzene rings is 1. The number of nitrogens with zero attached hydrogens (tertiary/aromatic N) is 2. The third-order valence-corrected chi connectivity index (χ3v) is 2.62. The second-order valence-corrected chi connectivity index (χ2v) is 4.53. The van der Waals surface area contributed by atoms with E-state index in [0.29, 0.717) is 5.56 Å². The summed E-state index contributed by atoms with van der Waals surface area (Å²) in [7, 11) is 0. The van der Waals surface area contributed by atoms with Gasteiger partial charge in [-0.15, -0.1) is 0 Å². The molecular formula is C14H17N3O. The van der Waals surface area contributed by atoms with E-state index in [2.05, 4.69) is 10.4 Å². The first-order valence-electron chi connectivity index (χ1n) is 6.00. The molecule has 2 aromatic rings. The molecule has 0 radical (unpaired) electrons. The van der Waals surface area contributed by atoms with Crippen molar-refractivity contribution in [2.45, 2.75) is 26.8 Å². The van der Waals surface area contributed by atoms with Crippen molar-refractivity contribution >= 4 is 11.7 Å². The minimum absolute atomic E-state index is 0.114. The molecule has 1 heterocycles. The van der Waals surface area contributed by atoms with Crippen LogP contribution in [0.2, 0.25) is 0 Å². The lowest BCUT2D eigenvalue weighted by Gasteiger charge is -2.11. The van der Waals surface area contributed by atoms with Gasteiger partial charge >= 0.3 is 0 Å². The number of anilines is 1. The van der Waals surface area contributed by atoms with Crippen molar-refractivity contribution in [2.75, 3.05) is 5.32 Å². The number of amides is 1. The van der Waals surface area contributed by atoms with Crippen LogP contribution in [0.25, 0.3) is 0 Å². The number of rotatable bonds is 3. The molecule has 1 amide bonds. The third kappa shape index (κ3) is 2.59. The van der Waals surface area contributed by atoms with Crippen LogP contribution in [0.15, 0.2) is 36.4 Å². The fraction of sp³-hybridized carbons (Fsp3) is 0.286. The van der Waals surface area contributed by atoms with Crippen LogP contribution >= 0.6 is 0 Å². The first kappa shape index (κ1) is 12.4.